The lowest BCUT2D eigenvalue weighted by Crippen LogP contribution is -3.00. The molecule has 1 aromatic heterocycles. The summed E-state index contributed by atoms with van der Waals surface area (Å²) in [6, 6.07) is 0. The van der Waals surface area contributed by atoms with Crippen molar-refractivity contribution < 1.29 is 26.5 Å². The highest BCUT2D eigenvalue weighted by molar-refractivity contribution is 7.12. The molecule has 3 unspecified atom stereocenters. The van der Waals surface area contributed by atoms with Crippen LogP contribution in [0.3, 0.4) is 0 Å². The fourth-order valence-corrected chi connectivity index (χ4v) is 3.65. The summed E-state index contributed by atoms with van der Waals surface area (Å²) >= 11 is 1.43. The third kappa shape index (κ3) is 4.85. The van der Waals surface area contributed by atoms with E-state index in [1.807, 2.05) is 11.6 Å². The van der Waals surface area contributed by atoms with E-state index in [9.17, 15) is 4.79 Å². The van der Waals surface area contributed by atoms with Crippen molar-refractivity contribution >= 4 is 22.4 Å². The Bertz CT molecular complexity index is 464. The minimum absolute atomic E-state index is 0. The Morgan fingerprint density at radius 3 is 2.81 bits per heavy atom. The van der Waals surface area contributed by atoms with Gasteiger partial charge in [0.25, 0.3) is 0 Å². The maximum absolute atomic E-state index is 12.1. The summed E-state index contributed by atoms with van der Waals surface area (Å²) < 4.78 is 7.49. The molecule has 4 nitrogen and oxygen atoms in total. The first-order chi connectivity index (χ1) is 9.47. The molecule has 2 rings (SSSR count). The van der Waals surface area contributed by atoms with E-state index in [1.54, 1.807) is 4.57 Å². The lowest BCUT2D eigenvalue weighted by Gasteiger charge is -2.36. The lowest BCUT2D eigenvalue weighted by atomic mass is 9.75. The van der Waals surface area contributed by atoms with E-state index >= 15 is 0 Å². The fourth-order valence-electron chi connectivity index (χ4n) is 3.04. The van der Waals surface area contributed by atoms with Gasteiger partial charge in [0.2, 0.25) is 0 Å². The van der Waals surface area contributed by atoms with Gasteiger partial charge < -0.3 is 17.1 Å². The predicted octanol–water partition coefficient (Wildman–Crippen LogP) is -0.374. The van der Waals surface area contributed by atoms with E-state index in [0.29, 0.717) is 22.9 Å². The van der Waals surface area contributed by atoms with Gasteiger partial charge in [0.1, 0.15) is 12.3 Å². The second-order valence-electron chi connectivity index (χ2n) is 6.22. The number of carbonyl (C=O) groups excluding carboxylic acids is 1. The number of anilines is 1. The number of aromatic nitrogens is 1. The maximum Gasteiger partial charge on any atom is 0.348 e. The van der Waals surface area contributed by atoms with Gasteiger partial charge in [0.05, 0.1) is 0 Å². The molecule has 2 N–H and O–H groups in total. The van der Waals surface area contributed by atoms with Crippen LogP contribution in [-0.4, -0.2) is 12.1 Å². The fraction of sp³-hybridized carbons (Fsp3) is 0.733. The van der Waals surface area contributed by atoms with E-state index in [-0.39, 0.29) is 31.0 Å². The van der Waals surface area contributed by atoms with Crippen LogP contribution >= 0.6 is 11.3 Å². The van der Waals surface area contributed by atoms with Crippen molar-refractivity contribution in [2.24, 2.45) is 17.8 Å². The molecule has 0 aliphatic heterocycles. The minimum atomic E-state index is -0.176. The van der Waals surface area contributed by atoms with Crippen LogP contribution in [0.5, 0.6) is 0 Å². The van der Waals surface area contributed by atoms with Crippen LogP contribution in [0.15, 0.2) is 11.6 Å². The zero-order valence-corrected chi connectivity index (χ0v) is 14.5. The summed E-state index contributed by atoms with van der Waals surface area (Å²) in [7, 11) is 0. The topological polar surface area (TPSA) is 56.2 Å². The van der Waals surface area contributed by atoms with E-state index in [1.165, 1.54) is 17.8 Å². The number of nitrogens with two attached hydrogens (primary N) is 1. The average Bonchev–Trinajstić information content (AvgIpc) is 2.74. The van der Waals surface area contributed by atoms with Gasteiger partial charge in [-0.2, -0.15) is 0 Å². The van der Waals surface area contributed by atoms with Crippen LogP contribution in [-0.2, 0) is 16.1 Å². The highest BCUT2D eigenvalue weighted by Gasteiger charge is 2.33. The normalized spacial score (nSPS) is 25.4. The number of rotatable bonds is 4. The number of halogens is 1. The number of hydrogen-bond donors (Lipinski definition) is 1. The molecule has 0 saturated heterocycles. The standard InChI is InChI=1S/C15H24N2O2S.ClH/c1-10(2)12-5-4-11(3)8-13(12)19-14(18)9-17-6-7-20-15(17)16;/h6-7,10-13,16H,4-5,8-9H2,1-3H3;1H. The largest absolute Gasteiger partial charge is 1.00 e. The van der Waals surface area contributed by atoms with Gasteiger partial charge in [-0.05, 0) is 30.6 Å². The highest BCUT2D eigenvalue weighted by Crippen LogP contribution is 2.35. The zero-order valence-electron chi connectivity index (χ0n) is 12.9. The number of carbonyl (C=O) groups is 1. The second kappa shape index (κ2) is 7.99. The summed E-state index contributed by atoms with van der Waals surface area (Å²) in [4.78, 5) is 12.1. The Balaban J connectivity index is 0.00000220. The van der Waals surface area contributed by atoms with E-state index < -0.39 is 0 Å². The van der Waals surface area contributed by atoms with Crippen LogP contribution in [0.2, 0.25) is 0 Å². The molecule has 1 saturated carbocycles. The number of esters is 1. The Labute approximate surface area is 137 Å². The Morgan fingerprint density at radius 2 is 2.24 bits per heavy atom. The van der Waals surface area contributed by atoms with Crippen LogP contribution in [0, 0.1) is 17.8 Å². The number of hydrogen-bond acceptors (Lipinski definition) is 4. The van der Waals surface area contributed by atoms with Crippen molar-refractivity contribution in [3.8, 4) is 0 Å². The lowest BCUT2D eigenvalue weighted by molar-refractivity contribution is -0.667. The third-order valence-electron chi connectivity index (χ3n) is 4.26. The number of nitrogen functional groups attached to an aromatic ring is 1. The van der Waals surface area contributed by atoms with E-state index in [0.717, 1.165) is 12.8 Å². The number of nitrogens with zero attached hydrogens (tertiary/aromatic N) is 1. The molecular formula is C15H25ClN2O2S. The zero-order chi connectivity index (χ0) is 14.7. The summed E-state index contributed by atoms with van der Waals surface area (Å²) in [5.41, 5.74) is 5.79. The first-order valence-electron chi connectivity index (χ1n) is 7.39. The monoisotopic (exact) mass is 332 g/mol. The van der Waals surface area contributed by atoms with Gasteiger partial charge in [-0.1, -0.05) is 38.5 Å². The van der Waals surface area contributed by atoms with Crippen LogP contribution in [0.25, 0.3) is 0 Å². The summed E-state index contributed by atoms with van der Waals surface area (Å²) in [5.74, 6) is 1.51. The molecule has 0 bridgehead atoms. The van der Waals surface area contributed by atoms with Gasteiger partial charge in [-0.25, -0.2) is 9.36 Å². The molecule has 1 aliphatic rings. The van der Waals surface area contributed by atoms with E-state index in [2.05, 4.69) is 20.8 Å². The van der Waals surface area contributed by atoms with Crippen molar-refractivity contribution in [1.82, 2.24) is 0 Å². The summed E-state index contributed by atoms with van der Waals surface area (Å²) in [6.07, 6.45) is 5.27. The number of ether oxygens (including phenoxy) is 1. The average molecular weight is 333 g/mol. The summed E-state index contributed by atoms with van der Waals surface area (Å²) in [5, 5.41) is 2.52. The molecule has 6 heteroatoms. The van der Waals surface area contributed by atoms with Crippen molar-refractivity contribution in [3.05, 3.63) is 11.6 Å². The molecule has 1 aromatic rings. The molecule has 1 aliphatic carbocycles. The highest BCUT2D eigenvalue weighted by atomic mass is 35.5. The minimum Gasteiger partial charge on any atom is -1.00 e. The quantitative estimate of drug-likeness (QED) is 0.604. The van der Waals surface area contributed by atoms with Gasteiger partial charge in [-0.3, -0.25) is 5.73 Å². The Hall–Kier alpha value is -0.810. The first-order valence-corrected chi connectivity index (χ1v) is 8.27. The molecule has 0 spiro atoms. The molecule has 21 heavy (non-hydrogen) atoms. The third-order valence-corrected chi connectivity index (χ3v) is 4.99. The molecular weight excluding hydrogens is 308 g/mol. The Morgan fingerprint density at radius 1 is 1.52 bits per heavy atom. The van der Waals surface area contributed by atoms with Crippen LogP contribution in [0.4, 0.5) is 5.13 Å². The molecule has 0 radical (unpaired) electrons. The SMILES string of the molecule is CC1CCC(C(C)C)C(OC(=O)C[n+]2ccsc2N)C1.[Cl-]. The predicted molar refractivity (Wildman–Crippen MR) is 80.1 cm³/mol. The molecule has 3 atom stereocenters. The van der Waals surface area contributed by atoms with Crippen molar-refractivity contribution in [3.63, 3.8) is 0 Å². The summed E-state index contributed by atoms with van der Waals surface area (Å²) in [6.45, 7) is 6.88. The van der Waals surface area contributed by atoms with Crippen LogP contribution in [0.1, 0.15) is 40.0 Å². The number of thiazole rings is 1. The van der Waals surface area contributed by atoms with Crippen molar-refractivity contribution in [1.29, 1.82) is 0 Å². The van der Waals surface area contributed by atoms with Gasteiger partial charge in [0.15, 0.2) is 6.54 Å². The van der Waals surface area contributed by atoms with Crippen molar-refractivity contribution in [2.75, 3.05) is 5.73 Å². The van der Waals surface area contributed by atoms with Crippen LogP contribution < -0.4 is 22.7 Å². The maximum atomic E-state index is 12.1. The second-order valence-corrected chi connectivity index (χ2v) is 7.15. The van der Waals surface area contributed by atoms with Crippen molar-refractivity contribution in [2.45, 2.75) is 52.7 Å². The molecule has 120 valence electrons. The molecule has 0 amide bonds. The molecule has 1 fully saturated rings. The Kier molecular flexibility index (Phi) is 6.94. The van der Waals surface area contributed by atoms with Gasteiger partial charge >= 0.3 is 11.1 Å². The van der Waals surface area contributed by atoms with Gasteiger partial charge in [0, 0.05) is 5.38 Å². The van der Waals surface area contributed by atoms with E-state index in [4.69, 9.17) is 10.5 Å². The molecule has 1 heterocycles. The first kappa shape index (κ1) is 18.2. The van der Waals surface area contributed by atoms with Gasteiger partial charge in [-0.15, -0.1) is 0 Å². The smallest absolute Gasteiger partial charge is 0.348 e. The molecule has 0 aromatic carbocycles.